The van der Waals surface area contributed by atoms with Gasteiger partial charge in [0.15, 0.2) is 17.4 Å². The monoisotopic (exact) mass is 431 g/mol. The van der Waals surface area contributed by atoms with Crippen LogP contribution in [0.5, 0.6) is 5.75 Å². The number of nitrogens with zero attached hydrogens (tertiary/aromatic N) is 2. The summed E-state index contributed by atoms with van der Waals surface area (Å²) in [6, 6.07) is 9.24. The zero-order valence-electron chi connectivity index (χ0n) is 17.0. The van der Waals surface area contributed by atoms with Crippen LogP contribution in [-0.2, 0) is 0 Å². The largest absolute Gasteiger partial charge is 0.505 e. The van der Waals surface area contributed by atoms with E-state index in [2.05, 4.69) is 64.5 Å². The van der Waals surface area contributed by atoms with Crippen molar-refractivity contribution in [1.82, 2.24) is 14.1 Å². The molecule has 0 aliphatic heterocycles. The molecule has 1 aromatic carbocycles. The Morgan fingerprint density at radius 1 is 1.14 bits per heavy atom. The molecule has 154 valence electrons. The van der Waals surface area contributed by atoms with Crippen molar-refractivity contribution in [3.8, 4) is 5.75 Å². The minimum absolute atomic E-state index is 0.0384. The van der Waals surface area contributed by atoms with Gasteiger partial charge in [-0.25, -0.2) is 0 Å². The number of benzene rings is 1. The van der Waals surface area contributed by atoms with Crippen LogP contribution >= 0.6 is 23.1 Å². The average molecular weight is 432 g/mol. The van der Waals surface area contributed by atoms with Crippen molar-refractivity contribution in [2.45, 2.75) is 33.7 Å². The van der Waals surface area contributed by atoms with Crippen LogP contribution in [0.3, 0.4) is 0 Å². The van der Waals surface area contributed by atoms with E-state index in [-0.39, 0.29) is 28.7 Å². The van der Waals surface area contributed by atoms with Gasteiger partial charge in [-0.15, -0.1) is 11.3 Å². The van der Waals surface area contributed by atoms with Crippen LogP contribution in [0.1, 0.15) is 46.9 Å². The molecule has 1 atom stereocenters. The minimum Gasteiger partial charge on any atom is -0.505 e. The number of hydrogen-bond acceptors (Lipinski definition) is 8. The standard InChI is InChI=1S/C20H25N5O2S2/c1-11-9-10-14(28-11)16(20(2,3)4)23-18-17(24-29-25-18)22-13-8-6-7-12(15(13)26)19(27)21-5/h6-10,16,26H,1-5H3,(H,21,27)(H,22,24)(H,23,25)/t16-/m0/s1. The molecule has 2 aromatic heterocycles. The van der Waals surface area contributed by atoms with Crippen LogP contribution in [-0.4, -0.2) is 26.8 Å². The molecule has 1 amide bonds. The number of anilines is 3. The van der Waals surface area contributed by atoms with E-state index in [4.69, 9.17) is 0 Å². The molecule has 0 aliphatic carbocycles. The first kappa shape index (κ1) is 21.1. The number of hydrogen-bond donors (Lipinski definition) is 4. The minimum atomic E-state index is -0.359. The molecule has 0 saturated heterocycles. The second-order valence-electron chi connectivity index (χ2n) is 7.76. The van der Waals surface area contributed by atoms with Crippen LogP contribution in [0.15, 0.2) is 30.3 Å². The van der Waals surface area contributed by atoms with E-state index in [0.717, 1.165) is 11.7 Å². The number of rotatable bonds is 6. The van der Waals surface area contributed by atoms with E-state index in [1.807, 2.05) is 0 Å². The number of phenolic OH excluding ortho intramolecular Hbond substituents is 1. The van der Waals surface area contributed by atoms with Crippen LogP contribution in [0, 0.1) is 12.3 Å². The molecule has 3 aromatic rings. The summed E-state index contributed by atoms with van der Waals surface area (Å²) in [6.45, 7) is 8.61. The van der Waals surface area contributed by atoms with Gasteiger partial charge < -0.3 is 21.1 Å². The van der Waals surface area contributed by atoms with Crippen molar-refractivity contribution in [2.24, 2.45) is 5.41 Å². The van der Waals surface area contributed by atoms with Crippen LogP contribution in [0.2, 0.25) is 0 Å². The first-order valence-electron chi connectivity index (χ1n) is 9.17. The Hall–Kier alpha value is -2.65. The van der Waals surface area contributed by atoms with Gasteiger partial charge in [-0.05, 0) is 36.6 Å². The fourth-order valence-electron chi connectivity index (χ4n) is 2.91. The van der Waals surface area contributed by atoms with Gasteiger partial charge in [-0.2, -0.15) is 8.75 Å². The molecular formula is C20H25N5O2S2. The van der Waals surface area contributed by atoms with Crippen LogP contribution < -0.4 is 16.0 Å². The fraction of sp³-hybridized carbons (Fsp3) is 0.350. The fourth-order valence-corrected chi connectivity index (χ4v) is 4.56. The molecule has 0 aliphatic rings. The van der Waals surface area contributed by atoms with Gasteiger partial charge in [-0.1, -0.05) is 26.8 Å². The summed E-state index contributed by atoms with van der Waals surface area (Å²) in [7, 11) is 1.52. The number of aryl methyl sites for hydroxylation is 1. The topological polar surface area (TPSA) is 99.2 Å². The molecule has 0 fully saturated rings. The first-order valence-corrected chi connectivity index (χ1v) is 10.7. The molecule has 29 heavy (non-hydrogen) atoms. The van der Waals surface area contributed by atoms with Gasteiger partial charge in [0.1, 0.15) is 0 Å². The molecule has 9 heteroatoms. The highest BCUT2D eigenvalue weighted by atomic mass is 32.1. The van der Waals surface area contributed by atoms with Crippen molar-refractivity contribution in [1.29, 1.82) is 0 Å². The maximum Gasteiger partial charge on any atom is 0.254 e. The van der Waals surface area contributed by atoms with Crippen molar-refractivity contribution in [3.05, 3.63) is 45.6 Å². The summed E-state index contributed by atoms with van der Waals surface area (Å²) in [5, 5.41) is 19.6. The van der Waals surface area contributed by atoms with E-state index in [9.17, 15) is 9.90 Å². The molecule has 0 bridgehead atoms. The van der Waals surface area contributed by atoms with Gasteiger partial charge in [0.05, 0.1) is 29.0 Å². The normalized spacial score (nSPS) is 12.4. The lowest BCUT2D eigenvalue weighted by molar-refractivity contribution is 0.0960. The summed E-state index contributed by atoms with van der Waals surface area (Å²) >= 11 is 2.83. The lowest BCUT2D eigenvalue weighted by Gasteiger charge is -2.31. The number of carbonyl (C=O) groups excluding carboxylic acids is 1. The molecule has 2 heterocycles. The molecule has 0 spiro atoms. The predicted molar refractivity (Wildman–Crippen MR) is 120 cm³/mol. The Balaban J connectivity index is 1.89. The summed E-state index contributed by atoms with van der Waals surface area (Å²) in [5.41, 5.74) is 0.525. The third-order valence-electron chi connectivity index (χ3n) is 4.44. The number of carbonyl (C=O) groups is 1. The highest BCUT2D eigenvalue weighted by Crippen LogP contribution is 2.40. The Labute approximate surface area is 178 Å². The molecule has 3 rings (SSSR count). The number of thiophene rings is 1. The molecule has 7 nitrogen and oxygen atoms in total. The van der Waals surface area contributed by atoms with Crippen molar-refractivity contribution in [3.63, 3.8) is 0 Å². The zero-order valence-corrected chi connectivity index (χ0v) is 18.7. The second kappa shape index (κ2) is 8.38. The number of aromatic nitrogens is 2. The van der Waals surface area contributed by atoms with Gasteiger partial charge in [-0.3, -0.25) is 4.79 Å². The maximum atomic E-state index is 11.9. The number of para-hydroxylation sites is 1. The number of amides is 1. The van der Waals surface area contributed by atoms with E-state index in [1.165, 1.54) is 16.8 Å². The summed E-state index contributed by atoms with van der Waals surface area (Å²) in [6.07, 6.45) is 0. The number of aromatic hydroxyl groups is 1. The molecule has 0 radical (unpaired) electrons. The van der Waals surface area contributed by atoms with Gasteiger partial charge in [0, 0.05) is 16.8 Å². The number of nitrogens with one attached hydrogen (secondary N) is 3. The quantitative estimate of drug-likeness (QED) is 0.414. The van der Waals surface area contributed by atoms with Crippen LogP contribution in [0.25, 0.3) is 0 Å². The summed E-state index contributed by atoms with van der Waals surface area (Å²) in [4.78, 5) is 14.4. The third kappa shape index (κ3) is 4.68. The Morgan fingerprint density at radius 3 is 2.48 bits per heavy atom. The third-order valence-corrected chi connectivity index (χ3v) is 6.04. The van der Waals surface area contributed by atoms with E-state index < -0.39 is 0 Å². The van der Waals surface area contributed by atoms with Crippen molar-refractivity contribution < 1.29 is 9.90 Å². The maximum absolute atomic E-state index is 11.9. The predicted octanol–water partition coefficient (Wildman–Crippen LogP) is 4.92. The summed E-state index contributed by atoms with van der Waals surface area (Å²) < 4.78 is 8.73. The van der Waals surface area contributed by atoms with Crippen LogP contribution in [0.4, 0.5) is 17.3 Å². The molecular weight excluding hydrogens is 406 g/mol. The highest BCUT2D eigenvalue weighted by molar-refractivity contribution is 7.12. The first-order chi connectivity index (χ1) is 13.7. The van der Waals surface area contributed by atoms with Gasteiger partial charge >= 0.3 is 0 Å². The Bertz CT molecular complexity index is 1010. The van der Waals surface area contributed by atoms with Gasteiger partial charge in [0.25, 0.3) is 5.91 Å². The average Bonchev–Trinajstić information content (AvgIpc) is 3.28. The molecule has 4 N–H and O–H groups in total. The second-order valence-corrected chi connectivity index (χ2v) is 9.61. The van der Waals surface area contributed by atoms with E-state index in [1.54, 1.807) is 29.5 Å². The molecule has 0 unspecified atom stereocenters. The Morgan fingerprint density at radius 2 is 1.86 bits per heavy atom. The van der Waals surface area contributed by atoms with Gasteiger partial charge in [0.2, 0.25) is 0 Å². The van der Waals surface area contributed by atoms with Crippen molar-refractivity contribution in [2.75, 3.05) is 17.7 Å². The SMILES string of the molecule is CNC(=O)c1cccc(Nc2nsnc2N[C@@H](c2ccc(C)s2)C(C)(C)C)c1O. The van der Waals surface area contributed by atoms with Crippen molar-refractivity contribution >= 4 is 46.3 Å². The van der Waals surface area contributed by atoms with E-state index >= 15 is 0 Å². The lowest BCUT2D eigenvalue weighted by Crippen LogP contribution is -2.25. The smallest absolute Gasteiger partial charge is 0.254 e. The number of phenols is 1. The van der Waals surface area contributed by atoms with E-state index in [0.29, 0.717) is 17.3 Å². The lowest BCUT2D eigenvalue weighted by atomic mass is 9.86. The summed E-state index contributed by atoms with van der Waals surface area (Å²) in [5.74, 6) is 0.612. The highest BCUT2D eigenvalue weighted by Gasteiger charge is 2.29. The zero-order chi connectivity index (χ0) is 21.2. The Kier molecular flexibility index (Phi) is 6.09. The molecule has 0 saturated carbocycles.